The first kappa shape index (κ1) is 49.1. The van der Waals surface area contributed by atoms with Crippen LogP contribution in [0.1, 0.15) is 13.8 Å². The van der Waals surface area contributed by atoms with Crippen LogP contribution in [0, 0.1) is 44.1 Å². The zero-order chi connectivity index (χ0) is 40.6. The second-order valence-electron chi connectivity index (χ2n) is 14.3. The Balaban J connectivity index is 0.00000696. The molecule has 5 aliphatic heterocycles. The standard InChI is InChI=1S/C31H54NO23.Ac/c1-7-15(38)20(43)24(12(6-36)47-7)52-30-23(46)26(18(41)11(5-35)50-30)54-28-13(32)25(17(40)10(4-34)49-28)53-31-27(21(44)16(39)9(3-33)51-31)55-29-22(45)19(42)14(37)8(2)48-29;/h7-46H,3-6H2,1-2H3;/q-1;/t7-,8?,9?,10?,11?,12?,13?,14-,15?,16-,17-,18-,19?,20+,21-,22-,23?,24-,25+,26-,27?,28-,29-,30-,31-;/m0./s1. The first-order valence-electron chi connectivity index (χ1n) is 17.8. The van der Waals surface area contributed by atoms with Crippen molar-refractivity contribution in [2.45, 2.75) is 167 Å². The van der Waals surface area contributed by atoms with E-state index in [0.29, 0.717) is 0 Å². The van der Waals surface area contributed by atoms with Gasteiger partial charge in [0.25, 0.3) is 0 Å². The number of rotatable bonds is 12. The molecule has 25 heteroatoms. The molecule has 24 nitrogen and oxygen atoms in total. The summed E-state index contributed by atoms with van der Waals surface area (Å²) in [6, 6.07) is -1.88. The Morgan fingerprint density at radius 3 is 1.38 bits per heavy atom. The van der Waals surface area contributed by atoms with E-state index in [4.69, 9.17) is 48.4 Å². The van der Waals surface area contributed by atoms with E-state index in [1.54, 1.807) is 0 Å². The van der Waals surface area contributed by atoms with Gasteiger partial charge < -0.3 is 120 Å². The topological polar surface area (TPSA) is 390 Å². The molecule has 5 fully saturated rings. The fourth-order valence-corrected chi connectivity index (χ4v) is 7.17. The summed E-state index contributed by atoms with van der Waals surface area (Å²) in [6.07, 6.45) is -40.2. The molecule has 0 aromatic carbocycles. The van der Waals surface area contributed by atoms with Gasteiger partial charge in [-0.3, -0.25) is 0 Å². The van der Waals surface area contributed by atoms with Crippen molar-refractivity contribution in [2.24, 2.45) is 0 Å². The third-order valence-electron chi connectivity index (χ3n) is 10.6. The van der Waals surface area contributed by atoms with Gasteiger partial charge in [0, 0.05) is 44.1 Å². The van der Waals surface area contributed by atoms with Crippen LogP contribution in [-0.4, -0.2) is 251 Å². The summed E-state index contributed by atoms with van der Waals surface area (Å²) in [5.41, 5.74) is 8.95. The average molecular weight is 1040 g/mol. The number of hydrogen-bond acceptors (Lipinski definition) is 23. The molecule has 56 heavy (non-hydrogen) atoms. The molecular weight excluding hydrogens is 981 g/mol. The molecule has 0 amide bonds. The van der Waals surface area contributed by atoms with E-state index in [-0.39, 0.29) is 44.1 Å². The number of hydrogen-bond donors (Lipinski definition) is 14. The molecule has 0 aliphatic carbocycles. The number of nitrogens with one attached hydrogen (secondary N) is 1. The van der Waals surface area contributed by atoms with E-state index in [0.717, 1.165) is 0 Å². The normalized spacial score (nSPS) is 53.0. The van der Waals surface area contributed by atoms with Gasteiger partial charge in [-0.1, -0.05) is 6.04 Å². The summed E-state index contributed by atoms with van der Waals surface area (Å²) in [6.45, 7) is -0.591. The molecule has 0 bridgehead atoms. The third-order valence-corrected chi connectivity index (χ3v) is 10.6. The first-order chi connectivity index (χ1) is 26.0. The van der Waals surface area contributed by atoms with Gasteiger partial charge in [-0.05, 0) is 13.8 Å². The summed E-state index contributed by atoms with van der Waals surface area (Å²) < 4.78 is 50.8. The number of ether oxygens (including phenoxy) is 9. The quantitative estimate of drug-likeness (QED) is 0.0863. The van der Waals surface area contributed by atoms with E-state index in [1.807, 2.05) is 0 Å². The van der Waals surface area contributed by atoms with Gasteiger partial charge in [0.2, 0.25) is 0 Å². The Kier molecular flexibility index (Phi) is 18.5. The van der Waals surface area contributed by atoms with Crippen LogP contribution in [0.5, 0.6) is 0 Å². The van der Waals surface area contributed by atoms with Crippen LogP contribution in [0.15, 0.2) is 0 Å². The van der Waals surface area contributed by atoms with E-state index in [9.17, 15) is 71.5 Å². The molecule has 5 saturated heterocycles. The van der Waals surface area contributed by atoms with Crippen molar-refractivity contribution in [1.29, 1.82) is 0 Å². The third kappa shape index (κ3) is 10.1. The summed E-state index contributed by atoms with van der Waals surface area (Å²) in [4.78, 5) is 0. The SMILES string of the molecule is CC1O[C@@H](OC2[C@H](O[C@@H]3C([NH-])[C@H](O[C@@H]4C(O)[C@H](O[C@H]5C(CO)O[C@@H](C)C(O)[C@H]5O)OC(CO)[C@@H]4O)OC(CO)[C@@H]3O)OC(CO)[C@H](O)[C@@H]2O)[C@@H](O)C(O)[C@H]1O.[Ac]. The number of aliphatic hydroxyl groups is 14. The van der Waals surface area contributed by atoms with Gasteiger partial charge in [-0.2, -0.15) is 0 Å². The van der Waals surface area contributed by atoms with Crippen LogP contribution in [0.2, 0.25) is 0 Å². The molecule has 5 heterocycles. The Morgan fingerprint density at radius 1 is 0.375 bits per heavy atom. The number of aliphatic hydroxyl groups excluding tert-OH is 14. The van der Waals surface area contributed by atoms with Gasteiger partial charge in [-0.25, -0.2) is 0 Å². The minimum absolute atomic E-state index is 0. The second-order valence-corrected chi connectivity index (χ2v) is 14.3. The molecule has 10 unspecified atom stereocenters. The van der Waals surface area contributed by atoms with Gasteiger partial charge >= 0.3 is 0 Å². The maximum Gasteiger partial charge on any atom is 0.187 e. The minimum Gasteiger partial charge on any atom is -0.668 e. The zero-order valence-corrected chi connectivity index (χ0v) is 35.0. The fourth-order valence-electron chi connectivity index (χ4n) is 7.17. The smallest absolute Gasteiger partial charge is 0.187 e. The summed E-state index contributed by atoms with van der Waals surface area (Å²) in [7, 11) is 0. The van der Waals surface area contributed by atoms with Crippen LogP contribution < -0.4 is 0 Å². The Labute approximate surface area is 355 Å². The van der Waals surface area contributed by atoms with E-state index >= 15 is 0 Å². The minimum atomic E-state index is -2.00. The van der Waals surface area contributed by atoms with Crippen LogP contribution in [0.3, 0.4) is 0 Å². The largest absolute Gasteiger partial charge is 0.668 e. The van der Waals surface area contributed by atoms with Crippen molar-refractivity contribution in [2.75, 3.05) is 26.4 Å². The molecule has 5 aliphatic rings. The molecule has 5 rings (SSSR count). The van der Waals surface area contributed by atoms with Crippen LogP contribution >= 0.6 is 0 Å². The summed E-state index contributed by atoms with van der Waals surface area (Å²) in [5.74, 6) is 0. The van der Waals surface area contributed by atoms with Crippen LogP contribution in [0.25, 0.3) is 5.73 Å². The first-order valence-corrected chi connectivity index (χ1v) is 17.8. The van der Waals surface area contributed by atoms with Crippen molar-refractivity contribution < 1.29 is 158 Å². The molecule has 15 N–H and O–H groups in total. The molecule has 0 aromatic rings. The molecule has 0 spiro atoms. The van der Waals surface area contributed by atoms with Crippen molar-refractivity contribution in [1.82, 2.24) is 0 Å². The van der Waals surface area contributed by atoms with Crippen molar-refractivity contribution in [3.8, 4) is 0 Å². The van der Waals surface area contributed by atoms with E-state index < -0.39 is 180 Å². The van der Waals surface area contributed by atoms with Crippen molar-refractivity contribution in [3.05, 3.63) is 5.73 Å². The van der Waals surface area contributed by atoms with Crippen molar-refractivity contribution >= 4 is 0 Å². The molecule has 325 valence electrons. The average Bonchev–Trinajstić information content (AvgIpc) is 3.17. The maximum absolute atomic E-state index is 11.3. The van der Waals surface area contributed by atoms with Crippen LogP contribution in [-0.2, 0) is 42.6 Å². The molecule has 0 saturated carbocycles. The van der Waals surface area contributed by atoms with Gasteiger partial charge in [-0.15, -0.1) is 0 Å². The Morgan fingerprint density at radius 2 is 0.786 bits per heavy atom. The second kappa shape index (κ2) is 21.0. The monoisotopic (exact) mass is 1040 g/mol. The Bertz CT molecular complexity index is 1200. The predicted octanol–water partition coefficient (Wildman–Crippen LogP) is -8.77. The predicted molar refractivity (Wildman–Crippen MR) is 171 cm³/mol. The van der Waals surface area contributed by atoms with Crippen LogP contribution in [0.4, 0.5) is 0 Å². The maximum atomic E-state index is 11.3. The molecule has 0 aromatic heterocycles. The van der Waals surface area contributed by atoms with Crippen molar-refractivity contribution in [3.63, 3.8) is 0 Å². The summed E-state index contributed by atoms with van der Waals surface area (Å²) in [5, 5.41) is 147. The van der Waals surface area contributed by atoms with Gasteiger partial charge in [0.15, 0.2) is 18.9 Å². The Hall–Kier alpha value is 0.482. The molecular formula is C31H54AcNO23-. The molecule has 25 atom stereocenters. The molecule has 1 radical (unpaired) electrons. The van der Waals surface area contributed by atoms with Gasteiger partial charge in [0.1, 0.15) is 110 Å². The zero-order valence-electron chi connectivity index (χ0n) is 30.3. The summed E-state index contributed by atoms with van der Waals surface area (Å²) >= 11 is 0. The van der Waals surface area contributed by atoms with E-state index in [1.165, 1.54) is 13.8 Å². The fraction of sp³-hybridized carbons (Fsp3) is 1.00. The van der Waals surface area contributed by atoms with E-state index in [2.05, 4.69) is 0 Å². The van der Waals surface area contributed by atoms with Gasteiger partial charge in [0.05, 0.1) is 44.7 Å².